The summed E-state index contributed by atoms with van der Waals surface area (Å²) in [7, 11) is 1.58. The van der Waals surface area contributed by atoms with Crippen molar-refractivity contribution in [1.29, 1.82) is 0 Å². The molecule has 1 aromatic heterocycles. The summed E-state index contributed by atoms with van der Waals surface area (Å²) in [6, 6.07) is 14.1. The highest BCUT2D eigenvalue weighted by molar-refractivity contribution is 7.13. The van der Waals surface area contributed by atoms with E-state index in [1.165, 1.54) is 11.3 Å². The Bertz CT molecular complexity index is 1100. The molecule has 0 bridgehead atoms. The first kappa shape index (κ1) is 21.3. The van der Waals surface area contributed by atoms with Crippen molar-refractivity contribution in [2.75, 3.05) is 25.5 Å². The predicted molar refractivity (Wildman–Crippen MR) is 120 cm³/mol. The lowest BCUT2D eigenvalue weighted by molar-refractivity contribution is 0.0712. The Kier molecular flexibility index (Phi) is 6.48. The third kappa shape index (κ3) is 5.03. The summed E-state index contributed by atoms with van der Waals surface area (Å²) < 4.78 is 5.21. The number of hydrogen-bond acceptors (Lipinski definition) is 6. The molecule has 1 aliphatic heterocycles. The van der Waals surface area contributed by atoms with Crippen molar-refractivity contribution in [2.45, 2.75) is 18.8 Å². The molecule has 4 rings (SSSR count). The van der Waals surface area contributed by atoms with Gasteiger partial charge in [0.05, 0.1) is 7.11 Å². The lowest BCUT2D eigenvalue weighted by Gasteiger charge is -2.31. The Morgan fingerprint density at radius 1 is 1.13 bits per heavy atom. The van der Waals surface area contributed by atoms with Crippen LogP contribution in [0.3, 0.4) is 0 Å². The molecule has 2 aromatic carbocycles. The van der Waals surface area contributed by atoms with Crippen LogP contribution in [0, 0.1) is 0 Å². The van der Waals surface area contributed by atoms with Crippen molar-refractivity contribution in [3.63, 3.8) is 0 Å². The molecule has 31 heavy (non-hydrogen) atoms. The number of nitrogens with one attached hydrogen (secondary N) is 1. The van der Waals surface area contributed by atoms with Crippen LogP contribution in [-0.4, -0.2) is 47.1 Å². The van der Waals surface area contributed by atoms with Gasteiger partial charge in [-0.2, -0.15) is 0 Å². The van der Waals surface area contributed by atoms with E-state index in [0.29, 0.717) is 40.1 Å². The van der Waals surface area contributed by atoms with Gasteiger partial charge in [0.25, 0.3) is 11.8 Å². The molecule has 2 amide bonds. The predicted octanol–water partition coefficient (Wildman–Crippen LogP) is 4.47. The van der Waals surface area contributed by atoms with Gasteiger partial charge in [0.1, 0.15) is 10.8 Å². The van der Waals surface area contributed by atoms with Gasteiger partial charge >= 0.3 is 0 Å². The molecular formula is C22H21ClN4O3S. The second-order valence-electron chi connectivity index (χ2n) is 7.21. The molecule has 0 saturated carbocycles. The Hall–Kier alpha value is -2.97. The summed E-state index contributed by atoms with van der Waals surface area (Å²) in [4.78, 5) is 27.1. The van der Waals surface area contributed by atoms with Gasteiger partial charge in [0, 0.05) is 35.3 Å². The largest absolute Gasteiger partial charge is 0.497 e. The summed E-state index contributed by atoms with van der Waals surface area (Å²) in [6.45, 7) is 1.26. The number of carbonyl (C=O) groups excluding carboxylic acids is 2. The SMILES string of the molecule is COc1cccc(C(=O)N2CCC(c3nnc(C(=O)Nc4cccc(Cl)c4)s3)CC2)c1. The van der Waals surface area contributed by atoms with E-state index in [0.717, 1.165) is 17.8 Å². The van der Waals surface area contributed by atoms with E-state index in [9.17, 15) is 9.59 Å². The topological polar surface area (TPSA) is 84.4 Å². The minimum Gasteiger partial charge on any atom is -0.497 e. The van der Waals surface area contributed by atoms with Crippen LogP contribution >= 0.6 is 22.9 Å². The second-order valence-corrected chi connectivity index (χ2v) is 8.65. The van der Waals surface area contributed by atoms with E-state index in [-0.39, 0.29) is 17.7 Å². The van der Waals surface area contributed by atoms with E-state index >= 15 is 0 Å². The molecule has 160 valence electrons. The quantitative estimate of drug-likeness (QED) is 0.612. The number of amides is 2. The number of halogens is 1. The Balaban J connectivity index is 1.35. The minimum atomic E-state index is -0.309. The van der Waals surface area contributed by atoms with Crippen molar-refractivity contribution in [2.24, 2.45) is 0 Å². The van der Waals surface area contributed by atoms with Gasteiger partial charge < -0.3 is 15.0 Å². The average molecular weight is 457 g/mol. The summed E-state index contributed by atoms with van der Waals surface area (Å²) in [5.74, 6) is 0.533. The monoisotopic (exact) mass is 456 g/mol. The number of methoxy groups -OCH3 is 1. The molecule has 1 saturated heterocycles. The highest BCUT2D eigenvalue weighted by Crippen LogP contribution is 2.31. The molecule has 0 spiro atoms. The molecule has 7 nitrogen and oxygen atoms in total. The Labute approximate surface area is 189 Å². The lowest BCUT2D eigenvalue weighted by atomic mass is 9.97. The first-order valence-corrected chi connectivity index (χ1v) is 11.1. The van der Waals surface area contributed by atoms with Gasteiger partial charge in [-0.05, 0) is 49.2 Å². The number of benzene rings is 2. The van der Waals surface area contributed by atoms with Crippen molar-refractivity contribution in [3.8, 4) is 5.75 Å². The summed E-state index contributed by atoms with van der Waals surface area (Å²) >= 11 is 7.25. The van der Waals surface area contributed by atoms with Crippen LogP contribution < -0.4 is 10.1 Å². The Morgan fingerprint density at radius 2 is 1.90 bits per heavy atom. The van der Waals surface area contributed by atoms with E-state index in [1.807, 2.05) is 17.0 Å². The first-order valence-electron chi connectivity index (χ1n) is 9.87. The van der Waals surface area contributed by atoms with Crippen LogP contribution in [-0.2, 0) is 0 Å². The van der Waals surface area contributed by atoms with Crippen LogP contribution in [0.1, 0.15) is 43.9 Å². The summed E-state index contributed by atoms with van der Waals surface area (Å²) in [6.07, 6.45) is 1.56. The van der Waals surface area contributed by atoms with E-state index in [4.69, 9.17) is 16.3 Å². The van der Waals surface area contributed by atoms with Crippen LogP contribution in [0.25, 0.3) is 0 Å². The highest BCUT2D eigenvalue weighted by Gasteiger charge is 2.27. The number of hydrogen-bond donors (Lipinski definition) is 1. The zero-order valence-electron chi connectivity index (χ0n) is 16.9. The fourth-order valence-corrected chi connectivity index (χ4v) is 4.61. The standard InChI is InChI=1S/C22H21ClN4O3S/c1-30-18-7-2-4-15(12-18)22(29)27-10-8-14(9-11-27)20-25-26-21(31-20)19(28)24-17-6-3-5-16(23)13-17/h2-7,12-14H,8-11H2,1H3,(H,24,28). The molecule has 1 N–H and O–H groups in total. The van der Waals surface area contributed by atoms with Gasteiger partial charge in [-0.1, -0.05) is 35.1 Å². The minimum absolute atomic E-state index is 0.00352. The number of aromatic nitrogens is 2. The lowest BCUT2D eigenvalue weighted by Crippen LogP contribution is -2.37. The molecule has 0 atom stereocenters. The van der Waals surface area contributed by atoms with Gasteiger partial charge in [0.15, 0.2) is 0 Å². The maximum Gasteiger partial charge on any atom is 0.286 e. The molecule has 3 aromatic rings. The van der Waals surface area contributed by atoms with E-state index in [2.05, 4.69) is 15.5 Å². The number of anilines is 1. The van der Waals surface area contributed by atoms with Crippen molar-refractivity contribution < 1.29 is 14.3 Å². The molecule has 0 unspecified atom stereocenters. The average Bonchev–Trinajstić information content (AvgIpc) is 3.29. The van der Waals surface area contributed by atoms with E-state index < -0.39 is 0 Å². The third-order valence-corrected chi connectivity index (χ3v) is 6.49. The zero-order valence-corrected chi connectivity index (χ0v) is 18.4. The van der Waals surface area contributed by atoms with Crippen LogP contribution in [0.2, 0.25) is 5.02 Å². The fourth-order valence-electron chi connectivity index (χ4n) is 3.51. The zero-order chi connectivity index (χ0) is 21.8. The molecule has 9 heteroatoms. The van der Waals surface area contributed by atoms with Gasteiger partial charge in [0.2, 0.25) is 5.01 Å². The van der Waals surface area contributed by atoms with Crippen molar-refractivity contribution in [3.05, 3.63) is 69.1 Å². The van der Waals surface area contributed by atoms with Crippen molar-refractivity contribution in [1.82, 2.24) is 15.1 Å². The van der Waals surface area contributed by atoms with Crippen LogP contribution in [0.4, 0.5) is 5.69 Å². The fraction of sp³-hybridized carbons (Fsp3) is 0.273. The number of nitrogens with zero attached hydrogens (tertiary/aromatic N) is 3. The summed E-state index contributed by atoms with van der Waals surface area (Å²) in [5.41, 5.74) is 1.23. The Morgan fingerprint density at radius 3 is 2.65 bits per heavy atom. The summed E-state index contributed by atoms with van der Waals surface area (Å²) in [5, 5.41) is 12.8. The maximum absolute atomic E-state index is 12.8. The highest BCUT2D eigenvalue weighted by atomic mass is 35.5. The van der Waals surface area contributed by atoms with Gasteiger partial charge in [-0.25, -0.2) is 0 Å². The smallest absolute Gasteiger partial charge is 0.286 e. The third-order valence-electron chi connectivity index (χ3n) is 5.17. The van der Waals surface area contributed by atoms with Gasteiger partial charge in [-0.3, -0.25) is 9.59 Å². The van der Waals surface area contributed by atoms with Crippen LogP contribution in [0.15, 0.2) is 48.5 Å². The number of carbonyl (C=O) groups is 2. The normalized spacial score (nSPS) is 14.3. The van der Waals surface area contributed by atoms with Gasteiger partial charge in [-0.15, -0.1) is 10.2 Å². The van der Waals surface area contributed by atoms with Crippen LogP contribution in [0.5, 0.6) is 5.75 Å². The number of rotatable bonds is 5. The number of ether oxygens (including phenoxy) is 1. The first-order chi connectivity index (χ1) is 15.0. The molecule has 1 aliphatic rings. The van der Waals surface area contributed by atoms with E-state index in [1.54, 1.807) is 43.5 Å². The number of piperidine rings is 1. The molecular weight excluding hydrogens is 436 g/mol. The molecule has 0 radical (unpaired) electrons. The molecule has 2 heterocycles. The molecule has 1 fully saturated rings. The maximum atomic E-state index is 12.8. The number of likely N-dealkylation sites (tertiary alicyclic amines) is 1. The second kappa shape index (κ2) is 9.45. The molecule has 0 aliphatic carbocycles. The van der Waals surface area contributed by atoms with Crippen molar-refractivity contribution >= 4 is 40.4 Å².